The molecule has 0 heterocycles. The molecule has 0 amide bonds. The van der Waals surface area contributed by atoms with Crippen molar-refractivity contribution in [3.63, 3.8) is 0 Å². The van der Waals surface area contributed by atoms with Crippen molar-refractivity contribution < 1.29 is 9.66 Å². The summed E-state index contributed by atoms with van der Waals surface area (Å²) in [7, 11) is 0. The summed E-state index contributed by atoms with van der Waals surface area (Å²) in [6, 6.07) is 6.40. The number of hydrogen-bond acceptors (Lipinski definition) is 4. The van der Waals surface area contributed by atoms with Crippen LogP contribution in [0.2, 0.25) is 0 Å². The van der Waals surface area contributed by atoms with E-state index in [1.54, 1.807) is 12.1 Å². The van der Waals surface area contributed by atoms with E-state index < -0.39 is 4.92 Å². The summed E-state index contributed by atoms with van der Waals surface area (Å²) in [6.07, 6.45) is 0.921. The van der Waals surface area contributed by atoms with Crippen molar-refractivity contribution >= 4 is 11.4 Å². The van der Waals surface area contributed by atoms with Crippen LogP contribution in [-0.2, 0) is 4.74 Å². The molecule has 0 unspecified atom stereocenters. The summed E-state index contributed by atoms with van der Waals surface area (Å²) in [6.45, 7) is 4.23. The van der Waals surface area contributed by atoms with Gasteiger partial charge in [-0.1, -0.05) is 0 Å². The van der Waals surface area contributed by atoms with Crippen molar-refractivity contribution in [3.8, 4) is 0 Å². The molecule has 1 N–H and O–H groups in total. The molecule has 1 rings (SSSR count). The zero-order chi connectivity index (χ0) is 11.8. The minimum Gasteiger partial charge on any atom is -0.385 e. The zero-order valence-electron chi connectivity index (χ0n) is 9.31. The number of nitrogens with one attached hydrogen (secondary N) is 1. The van der Waals surface area contributed by atoms with Gasteiger partial charge in [0.05, 0.1) is 4.92 Å². The molecule has 0 aliphatic carbocycles. The van der Waals surface area contributed by atoms with E-state index in [0.717, 1.165) is 31.9 Å². The van der Waals surface area contributed by atoms with Gasteiger partial charge in [0.25, 0.3) is 5.69 Å². The number of benzene rings is 1. The second-order valence-electron chi connectivity index (χ2n) is 3.28. The van der Waals surface area contributed by atoms with Crippen LogP contribution in [-0.4, -0.2) is 24.7 Å². The fourth-order valence-electron chi connectivity index (χ4n) is 1.25. The second kappa shape index (κ2) is 6.79. The molecule has 88 valence electrons. The van der Waals surface area contributed by atoms with Gasteiger partial charge in [-0.2, -0.15) is 0 Å². The average molecular weight is 224 g/mol. The first-order valence-corrected chi connectivity index (χ1v) is 5.30. The molecule has 5 nitrogen and oxygen atoms in total. The largest absolute Gasteiger partial charge is 0.385 e. The van der Waals surface area contributed by atoms with Crippen molar-refractivity contribution in [2.45, 2.75) is 13.3 Å². The molecule has 0 saturated carbocycles. The van der Waals surface area contributed by atoms with Crippen LogP contribution in [0.15, 0.2) is 24.3 Å². The van der Waals surface area contributed by atoms with E-state index in [4.69, 9.17) is 4.74 Å². The third-order valence-corrected chi connectivity index (χ3v) is 2.08. The van der Waals surface area contributed by atoms with Gasteiger partial charge in [-0.25, -0.2) is 0 Å². The summed E-state index contributed by atoms with van der Waals surface area (Å²) in [5.41, 5.74) is 1.00. The number of hydrogen-bond donors (Lipinski definition) is 1. The monoisotopic (exact) mass is 224 g/mol. The molecule has 0 aromatic heterocycles. The topological polar surface area (TPSA) is 64.4 Å². The molecule has 0 spiro atoms. The van der Waals surface area contributed by atoms with Gasteiger partial charge in [-0.3, -0.25) is 10.1 Å². The predicted octanol–water partition coefficient (Wildman–Crippen LogP) is 2.43. The molecule has 0 atom stereocenters. The van der Waals surface area contributed by atoms with E-state index in [1.807, 2.05) is 6.92 Å². The highest BCUT2D eigenvalue weighted by molar-refractivity contribution is 5.48. The normalized spacial score (nSPS) is 10.1. The Labute approximate surface area is 94.6 Å². The van der Waals surface area contributed by atoms with E-state index in [0.29, 0.717) is 0 Å². The molecular formula is C11H16N2O3. The third-order valence-electron chi connectivity index (χ3n) is 2.08. The Balaban J connectivity index is 2.29. The number of ether oxygens (including phenoxy) is 1. The van der Waals surface area contributed by atoms with Crippen LogP contribution in [0.5, 0.6) is 0 Å². The van der Waals surface area contributed by atoms with E-state index >= 15 is 0 Å². The Kier molecular flexibility index (Phi) is 5.28. The molecule has 0 bridgehead atoms. The molecule has 1 aromatic carbocycles. The lowest BCUT2D eigenvalue weighted by Gasteiger charge is -2.05. The fourth-order valence-corrected chi connectivity index (χ4v) is 1.25. The highest BCUT2D eigenvalue weighted by Gasteiger charge is 2.02. The number of nitro benzene ring substituents is 1. The minimum atomic E-state index is -0.404. The molecule has 0 aliphatic rings. The van der Waals surface area contributed by atoms with Gasteiger partial charge in [-0.05, 0) is 25.5 Å². The van der Waals surface area contributed by atoms with Gasteiger partial charge in [0.15, 0.2) is 0 Å². The Morgan fingerprint density at radius 2 is 2.06 bits per heavy atom. The van der Waals surface area contributed by atoms with Crippen LogP contribution < -0.4 is 5.32 Å². The number of non-ortho nitro benzene ring substituents is 1. The van der Waals surface area contributed by atoms with Crippen LogP contribution in [0.25, 0.3) is 0 Å². The Hall–Kier alpha value is -1.62. The van der Waals surface area contributed by atoms with Gasteiger partial charge in [0, 0.05) is 37.6 Å². The number of nitrogens with zero attached hydrogens (tertiary/aromatic N) is 1. The summed E-state index contributed by atoms with van der Waals surface area (Å²) in [5.74, 6) is 0. The lowest BCUT2D eigenvalue weighted by molar-refractivity contribution is -0.384. The quantitative estimate of drug-likeness (QED) is 0.439. The third kappa shape index (κ3) is 4.27. The van der Waals surface area contributed by atoms with Gasteiger partial charge in [-0.15, -0.1) is 0 Å². The summed E-state index contributed by atoms with van der Waals surface area (Å²) >= 11 is 0. The second-order valence-corrected chi connectivity index (χ2v) is 3.28. The predicted molar refractivity (Wildman–Crippen MR) is 62.7 cm³/mol. The van der Waals surface area contributed by atoms with E-state index in [-0.39, 0.29) is 5.69 Å². The number of nitro groups is 1. The molecule has 0 saturated heterocycles. The number of rotatable bonds is 7. The average Bonchev–Trinajstić information content (AvgIpc) is 2.29. The SMILES string of the molecule is CCOCCCNc1ccc([N+](=O)[O-])cc1. The van der Waals surface area contributed by atoms with Gasteiger partial charge in [0.1, 0.15) is 0 Å². The van der Waals surface area contributed by atoms with Crippen molar-refractivity contribution in [1.29, 1.82) is 0 Å². The maximum Gasteiger partial charge on any atom is 0.269 e. The van der Waals surface area contributed by atoms with Crippen molar-refractivity contribution in [2.75, 3.05) is 25.1 Å². The zero-order valence-corrected chi connectivity index (χ0v) is 9.31. The summed E-state index contributed by atoms with van der Waals surface area (Å²) in [4.78, 5) is 10.0. The molecule has 5 heteroatoms. The summed E-state index contributed by atoms with van der Waals surface area (Å²) in [5, 5.41) is 13.6. The molecule has 0 aliphatic heterocycles. The Bertz CT molecular complexity index is 325. The van der Waals surface area contributed by atoms with Crippen molar-refractivity contribution in [2.24, 2.45) is 0 Å². The van der Waals surface area contributed by atoms with Crippen LogP contribution in [0.4, 0.5) is 11.4 Å². The molecule has 1 aromatic rings. The fraction of sp³-hybridized carbons (Fsp3) is 0.455. The first-order valence-electron chi connectivity index (χ1n) is 5.30. The number of anilines is 1. The smallest absolute Gasteiger partial charge is 0.269 e. The minimum absolute atomic E-state index is 0.111. The first kappa shape index (κ1) is 12.4. The molecule has 0 fully saturated rings. The Morgan fingerprint density at radius 1 is 1.38 bits per heavy atom. The van der Waals surface area contributed by atoms with Crippen molar-refractivity contribution in [3.05, 3.63) is 34.4 Å². The highest BCUT2D eigenvalue weighted by Crippen LogP contribution is 2.15. The highest BCUT2D eigenvalue weighted by atomic mass is 16.6. The van der Waals surface area contributed by atoms with E-state index in [9.17, 15) is 10.1 Å². The van der Waals surface area contributed by atoms with Crippen molar-refractivity contribution in [1.82, 2.24) is 0 Å². The standard InChI is InChI=1S/C11H16N2O3/c1-2-16-9-3-8-12-10-4-6-11(7-5-10)13(14)15/h4-7,12H,2-3,8-9H2,1H3. The maximum atomic E-state index is 10.4. The van der Waals surface area contributed by atoms with Crippen LogP contribution in [0.3, 0.4) is 0 Å². The van der Waals surface area contributed by atoms with Crippen LogP contribution >= 0.6 is 0 Å². The molecule has 0 radical (unpaired) electrons. The van der Waals surface area contributed by atoms with E-state index in [2.05, 4.69) is 5.32 Å². The van der Waals surface area contributed by atoms with Gasteiger partial charge < -0.3 is 10.1 Å². The van der Waals surface area contributed by atoms with Gasteiger partial charge in [0.2, 0.25) is 0 Å². The van der Waals surface area contributed by atoms with Crippen LogP contribution in [0, 0.1) is 10.1 Å². The van der Waals surface area contributed by atoms with E-state index in [1.165, 1.54) is 12.1 Å². The molecule has 16 heavy (non-hydrogen) atoms. The molecular weight excluding hydrogens is 208 g/mol. The lowest BCUT2D eigenvalue weighted by atomic mass is 10.3. The Morgan fingerprint density at radius 3 is 2.62 bits per heavy atom. The summed E-state index contributed by atoms with van der Waals surface area (Å²) < 4.78 is 5.19. The maximum absolute atomic E-state index is 10.4. The van der Waals surface area contributed by atoms with Crippen LogP contribution in [0.1, 0.15) is 13.3 Å². The lowest BCUT2D eigenvalue weighted by Crippen LogP contribution is -2.05. The van der Waals surface area contributed by atoms with Gasteiger partial charge >= 0.3 is 0 Å². The first-order chi connectivity index (χ1) is 7.74.